The van der Waals surface area contributed by atoms with Crippen molar-refractivity contribution in [3.05, 3.63) is 23.3 Å². The minimum absolute atomic E-state index is 0.0323. The number of nitrogen functional groups attached to an aromatic ring is 1. The summed E-state index contributed by atoms with van der Waals surface area (Å²) < 4.78 is 27.4. The molecule has 0 amide bonds. The van der Waals surface area contributed by atoms with Gasteiger partial charge in [-0.15, -0.1) is 0 Å². The first-order chi connectivity index (χ1) is 9.37. The zero-order valence-corrected chi connectivity index (χ0v) is 13.6. The third kappa shape index (κ3) is 2.81. The van der Waals surface area contributed by atoms with E-state index in [4.69, 9.17) is 5.84 Å². The van der Waals surface area contributed by atoms with Crippen molar-refractivity contribution in [1.29, 1.82) is 0 Å². The summed E-state index contributed by atoms with van der Waals surface area (Å²) in [5.74, 6) is 7.10. The lowest BCUT2D eigenvalue weighted by atomic mass is 10.1. The summed E-state index contributed by atoms with van der Waals surface area (Å²) >= 11 is 1.80. The Morgan fingerprint density at radius 3 is 2.45 bits per heavy atom. The number of hydrogen-bond donors (Lipinski definition) is 2. The van der Waals surface area contributed by atoms with Gasteiger partial charge in [-0.1, -0.05) is 0 Å². The van der Waals surface area contributed by atoms with E-state index in [0.717, 1.165) is 28.3 Å². The van der Waals surface area contributed by atoms with Crippen molar-refractivity contribution >= 4 is 27.5 Å². The minimum Gasteiger partial charge on any atom is -0.324 e. The first-order valence-corrected chi connectivity index (χ1v) is 9.15. The number of aryl methyl sites for hydroxylation is 2. The zero-order chi connectivity index (χ0) is 14.9. The summed E-state index contributed by atoms with van der Waals surface area (Å²) in [4.78, 5) is 0.412. The molecule has 20 heavy (non-hydrogen) atoms. The van der Waals surface area contributed by atoms with Gasteiger partial charge >= 0.3 is 0 Å². The molecule has 1 aliphatic heterocycles. The summed E-state index contributed by atoms with van der Waals surface area (Å²) in [6, 6.07) is 3.57. The molecule has 3 N–H and O–H groups in total. The smallest absolute Gasteiger partial charge is 0.243 e. The molecule has 1 fully saturated rings. The van der Waals surface area contributed by atoms with Crippen LogP contribution >= 0.6 is 11.8 Å². The maximum Gasteiger partial charge on any atom is 0.243 e. The number of hydrazine groups is 1. The van der Waals surface area contributed by atoms with Crippen LogP contribution in [0.4, 0.5) is 5.69 Å². The van der Waals surface area contributed by atoms with Gasteiger partial charge in [-0.25, -0.2) is 8.42 Å². The predicted octanol–water partition coefficient (Wildman–Crippen LogP) is 1.72. The van der Waals surface area contributed by atoms with Crippen molar-refractivity contribution in [2.45, 2.75) is 31.7 Å². The van der Waals surface area contributed by atoms with E-state index < -0.39 is 10.0 Å². The van der Waals surface area contributed by atoms with Crippen LogP contribution < -0.4 is 11.3 Å². The van der Waals surface area contributed by atoms with E-state index in [0.29, 0.717) is 11.4 Å². The summed E-state index contributed by atoms with van der Waals surface area (Å²) in [6.07, 6.45) is 0. The predicted molar refractivity (Wildman–Crippen MR) is 84.4 cm³/mol. The van der Waals surface area contributed by atoms with Gasteiger partial charge in [0.1, 0.15) is 0 Å². The van der Waals surface area contributed by atoms with Gasteiger partial charge in [-0.05, 0) is 44.0 Å². The highest BCUT2D eigenvalue weighted by Gasteiger charge is 2.33. The standard InChI is InChI=1S/C13H21N3O2S2/c1-9-6-12(15-14)7-10(2)13(9)20(17,18)16-4-5-19-8-11(16)3/h6-7,11,15H,4-5,8,14H2,1-3H3. The van der Waals surface area contributed by atoms with Gasteiger partial charge in [-0.2, -0.15) is 16.1 Å². The van der Waals surface area contributed by atoms with E-state index in [1.807, 2.05) is 20.8 Å². The molecule has 1 aromatic carbocycles. The molecule has 1 atom stereocenters. The normalized spacial score (nSPS) is 20.9. The fraction of sp³-hybridized carbons (Fsp3) is 0.538. The van der Waals surface area contributed by atoms with Crippen molar-refractivity contribution in [2.75, 3.05) is 23.5 Å². The lowest BCUT2D eigenvalue weighted by molar-refractivity contribution is 0.367. The molecule has 0 aromatic heterocycles. The Balaban J connectivity index is 2.49. The molecule has 0 spiro atoms. The van der Waals surface area contributed by atoms with E-state index in [9.17, 15) is 8.42 Å². The molecule has 0 saturated carbocycles. The molecule has 1 heterocycles. The number of thioether (sulfide) groups is 1. The second kappa shape index (κ2) is 5.93. The van der Waals surface area contributed by atoms with Crippen LogP contribution in [0.25, 0.3) is 0 Å². The van der Waals surface area contributed by atoms with Crippen LogP contribution in [0.15, 0.2) is 17.0 Å². The molecule has 1 saturated heterocycles. The Bertz CT molecular complexity index is 579. The van der Waals surface area contributed by atoms with Gasteiger partial charge < -0.3 is 5.43 Å². The highest BCUT2D eigenvalue weighted by atomic mass is 32.2. The van der Waals surface area contributed by atoms with Gasteiger partial charge in [0, 0.05) is 29.8 Å². The van der Waals surface area contributed by atoms with Crippen molar-refractivity contribution < 1.29 is 8.42 Å². The fourth-order valence-electron chi connectivity index (χ4n) is 2.63. The quantitative estimate of drug-likeness (QED) is 0.656. The third-order valence-electron chi connectivity index (χ3n) is 3.50. The molecular weight excluding hydrogens is 294 g/mol. The SMILES string of the molecule is Cc1cc(NN)cc(C)c1S(=O)(=O)N1CCSCC1C. The van der Waals surface area contributed by atoms with Gasteiger partial charge in [0.2, 0.25) is 10.0 Å². The topological polar surface area (TPSA) is 75.4 Å². The highest BCUT2D eigenvalue weighted by molar-refractivity contribution is 7.99. The summed E-state index contributed by atoms with van der Waals surface area (Å²) in [5, 5.41) is 0. The third-order valence-corrected chi connectivity index (χ3v) is 7.01. The first-order valence-electron chi connectivity index (χ1n) is 6.55. The van der Waals surface area contributed by atoms with Gasteiger partial charge in [0.15, 0.2) is 0 Å². The Morgan fingerprint density at radius 2 is 1.95 bits per heavy atom. The largest absolute Gasteiger partial charge is 0.324 e. The van der Waals surface area contributed by atoms with E-state index in [1.165, 1.54) is 0 Å². The lowest BCUT2D eigenvalue weighted by Crippen LogP contribution is -2.44. The second-order valence-corrected chi connectivity index (χ2v) is 8.10. The van der Waals surface area contributed by atoms with Crippen LogP contribution in [0.3, 0.4) is 0 Å². The van der Waals surface area contributed by atoms with Crippen molar-refractivity contribution in [1.82, 2.24) is 4.31 Å². The molecule has 2 rings (SSSR count). The Kier molecular flexibility index (Phi) is 4.63. The molecular formula is C13H21N3O2S2. The molecule has 1 aromatic rings. The Labute approximate surface area is 124 Å². The molecule has 7 heteroatoms. The van der Waals surface area contributed by atoms with Gasteiger partial charge in [0.25, 0.3) is 0 Å². The number of nitrogens with one attached hydrogen (secondary N) is 1. The Hall–Kier alpha value is -0.760. The number of hydrogen-bond acceptors (Lipinski definition) is 5. The molecule has 0 bridgehead atoms. The molecule has 1 unspecified atom stereocenters. The van der Waals surface area contributed by atoms with Crippen LogP contribution in [0.1, 0.15) is 18.1 Å². The number of anilines is 1. The van der Waals surface area contributed by atoms with E-state index in [2.05, 4.69) is 5.43 Å². The molecule has 0 aliphatic carbocycles. The van der Waals surface area contributed by atoms with Crippen LogP contribution in [0, 0.1) is 13.8 Å². The first kappa shape index (κ1) is 15.6. The van der Waals surface area contributed by atoms with Gasteiger partial charge in [0.05, 0.1) is 4.90 Å². The van der Waals surface area contributed by atoms with Crippen molar-refractivity contribution in [2.24, 2.45) is 5.84 Å². The van der Waals surface area contributed by atoms with Crippen LogP contribution in [-0.2, 0) is 10.0 Å². The van der Waals surface area contributed by atoms with Crippen molar-refractivity contribution in [3.63, 3.8) is 0 Å². The average Bonchev–Trinajstić information content (AvgIpc) is 2.37. The molecule has 1 aliphatic rings. The Morgan fingerprint density at radius 1 is 1.35 bits per heavy atom. The molecule has 5 nitrogen and oxygen atoms in total. The number of sulfonamides is 1. The number of nitrogens with two attached hydrogens (primary N) is 1. The lowest BCUT2D eigenvalue weighted by Gasteiger charge is -2.33. The average molecular weight is 315 g/mol. The van der Waals surface area contributed by atoms with Crippen LogP contribution in [0.5, 0.6) is 0 Å². The highest BCUT2D eigenvalue weighted by Crippen LogP contribution is 2.30. The summed E-state index contributed by atoms with van der Waals surface area (Å²) in [7, 11) is -3.45. The molecule has 112 valence electrons. The molecule has 0 radical (unpaired) electrons. The summed E-state index contributed by atoms with van der Waals surface area (Å²) in [5.41, 5.74) is 4.74. The maximum absolute atomic E-state index is 12.9. The zero-order valence-electron chi connectivity index (χ0n) is 12.0. The monoisotopic (exact) mass is 315 g/mol. The number of benzene rings is 1. The van der Waals surface area contributed by atoms with E-state index in [-0.39, 0.29) is 6.04 Å². The maximum atomic E-state index is 12.9. The second-order valence-electron chi connectivity index (χ2n) is 5.12. The number of nitrogens with zero attached hydrogens (tertiary/aromatic N) is 1. The van der Waals surface area contributed by atoms with Crippen LogP contribution in [-0.4, -0.2) is 36.8 Å². The van der Waals surface area contributed by atoms with Crippen molar-refractivity contribution in [3.8, 4) is 0 Å². The number of rotatable bonds is 3. The minimum atomic E-state index is -3.45. The van der Waals surface area contributed by atoms with Crippen LogP contribution in [0.2, 0.25) is 0 Å². The van der Waals surface area contributed by atoms with E-state index in [1.54, 1.807) is 28.2 Å². The summed E-state index contributed by atoms with van der Waals surface area (Å²) in [6.45, 7) is 6.16. The van der Waals surface area contributed by atoms with Gasteiger partial charge in [-0.3, -0.25) is 5.84 Å². The fourth-order valence-corrected chi connectivity index (χ4v) is 5.90. The van der Waals surface area contributed by atoms with E-state index >= 15 is 0 Å².